The Balaban J connectivity index is 2.16. The second-order valence-electron chi connectivity index (χ2n) is 6.41. The molecule has 0 radical (unpaired) electrons. The van der Waals surface area contributed by atoms with Gasteiger partial charge in [0.15, 0.2) is 0 Å². The summed E-state index contributed by atoms with van der Waals surface area (Å²) >= 11 is 5.87. The van der Waals surface area contributed by atoms with Crippen molar-refractivity contribution in [3.05, 3.63) is 29.3 Å². The highest BCUT2D eigenvalue weighted by molar-refractivity contribution is 7.92. The third-order valence-corrected chi connectivity index (χ3v) is 5.86. The number of hydrogen-bond donors (Lipinski definition) is 1. The van der Waals surface area contributed by atoms with E-state index >= 15 is 0 Å². The molecule has 2 rings (SSSR count). The molecular weight excluding hydrogens is 348 g/mol. The molecule has 0 spiro atoms. The Morgan fingerprint density at radius 3 is 2.21 bits per heavy atom. The lowest BCUT2D eigenvalue weighted by molar-refractivity contribution is -0.122. The molecule has 1 amide bonds. The minimum atomic E-state index is -3.59. The summed E-state index contributed by atoms with van der Waals surface area (Å²) in [7, 11) is -3.59. The predicted molar refractivity (Wildman–Crippen MR) is 97.9 cm³/mol. The van der Waals surface area contributed by atoms with Crippen molar-refractivity contribution in [2.24, 2.45) is 0 Å². The van der Waals surface area contributed by atoms with Gasteiger partial charge in [0.25, 0.3) is 0 Å². The van der Waals surface area contributed by atoms with E-state index in [-0.39, 0.29) is 11.9 Å². The summed E-state index contributed by atoms with van der Waals surface area (Å²) in [6, 6.07) is 5.77. The number of sulfonamides is 1. The van der Waals surface area contributed by atoms with Crippen molar-refractivity contribution in [2.75, 3.05) is 10.6 Å². The zero-order chi connectivity index (χ0) is 17.7. The maximum absolute atomic E-state index is 12.6. The zero-order valence-electron chi connectivity index (χ0n) is 14.2. The fourth-order valence-corrected chi connectivity index (χ4v) is 4.44. The third-order valence-electron chi connectivity index (χ3n) is 4.37. The lowest BCUT2D eigenvalue weighted by Gasteiger charge is -2.29. The van der Waals surface area contributed by atoms with Gasteiger partial charge in [0.1, 0.15) is 6.04 Å². The molecule has 0 aliphatic heterocycles. The van der Waals surface area contributed by atoms with E-state index in [0.29, 0.717) is 10.7 Å². The minimum absolute atomic E-state index is 0.133. The summed E-state index contributed by atoms with van der Waals surface area (Å²) in [5.74, 6) is -0.262. The largest absolute Gasteiger partial charge is 0.352 e. The van der Waals surface area contributed by atoms with Crippen LogP contribution in [0.3, 0.4) is 0 Å². The molecular formula is C17H25ClN2O3S. The van der Waals surface area contributed by atoms with E-state index in [1.807, 2.05) is 0 Å². The van der Waals surface area contributed by atoms with Crippen LogP contribution >= 0.6 is 11.6 Å². The Hall–Kier alpha value is -1.27. The topological polar surface area (TPSA) is 66.5 Å². The van der Waals surface area contributed by atoms with Crippen molar-refractivity contribution in [3.8, 4) is 0 Å². The van der Waals surface area contributed by atoms with Crippen LogP contribution in [0.25, 0.3) is 0 Å². The van der Waals surface area contributed by atoms with Gasteiger partial charge in [-0.2, -0.15) is 0 Å². The molecule has 1 fully saturated rings. The summed E-state index contributed by atoms with van der Waals surface area (Å²) in [6.07, 6.45) is 7.62. The van der Waals surface area contributed by atoms with Crippen LogP contribution < -0.4 is 9.62 Å². The molecule has 0 saturated heterocycles. The van der Waals surface area contributed by atoms with Crippen LogP contribution in [0.4, 0.5) is 5.69 Å². The number of hydrogen-bond acceptors (Lipinski definition) is 3. The molecule has 1 aliphatic carbocycles. The van der Waals surface area contributed by atoms with Crippen LogP contribution in [0.1, 0.15) is 45.4 Å². The summed E-state index contributed by atoms with van der Waals surface area (Å²) in [5.41, 5.74) is 0.436. The lowest BCUT2D eigenvalue weighted by atomic mass is 10.1. The van der Waals surface area contributed by atoms with Crippen LogP contribution in [0.15, 0.2) is 24.3 Å². The Labute approximate surface area is 149 Å². The maximum Gasteiger partial charge on any atom is 0.243 e. The quantitative estimate of drug-likeness (QED) is 0.806. The van der Waals surface area contributed by atoms with E-state index in [1.165, 1.54) is 12.8 Å². The molecule has 0 unspecified atom stereocenters. The van der Waals surface area contributed by atoms with Crippen LogP contribution in [0.2, 0.25) is 5.02 Å². The van der Waals surface area contributed by atoms with Gasteiger partial charge >= 0.3 is 0 Å². The molecule has 1 atom stereocenters. The second kappa shape index (κ2) is 8.21. The zero-order valence-corrected chi connectivity index (χ0v) is 15.7. The van der Waals surface area contributed by atoms with Gasteiger partial charge in [-0.1, -0.05) is 37.3 Å². The number of anilines is 1. The highest BCUT2D eigenvalue weighted by Gasteiger charge is 2.30. The summed E-state index contributed by atoms with van der Waals surface area (Å²) in [6.45, 7) is 1.61. The Kier molecular flexibility index (Phi) is 6.52. The van der Waals surface area contributed by atoms with Crippen molar-refractivity contribution in [3.63, 3.8) is 0 Å². The standard InChI is InChI=1S/C17H25ClN2O3S/c1-13(17(21)19-15-7-5-3-4-6-8-15)20(24(2,22)23)16-11-9-14(18)10-12-16/h9-13,15H,3-8H2,1-2H3,(H,19,21)/t13-/m0/s1. The molecule has 1 N–H and O–H groups in total. The van der Waals surface area contributed by atoms with Gasteiger partial charge in [0, 0.05) is 11.1 Å². The molecule has 0 heterocycles. The fourth-order valence-electron chi connectivity index (χ4n) is 3.14. The molecule has 24 heavy (non-hydrogen) atoms. The third kappa shape index (κ3) is 5.11. The van der Waals surface area contributed by atoms with Crippen molar-refractivity contribution >= 4 is 33.2 Å². The Morgan fingerprint density at radius 1 is 1.17 bits per heavy atom. The van der Waals surface area contributed by atoms with E-state index in [1.54, 1.807) is 31.2 Å². The highest BCUT2D eigenvalue weighted by atomic mass is 35.5. The first kappa shape index (κ1) is 19.1. The van der Waals surface area contributed by atoms with Gasteiger partial charge < -0.3 is 5.32 Å². The smallest absolute Gasteiger partial charge is 0.243 e. The minimum Gasteiger partial charge on any atom is -0.352 e. The normalized spacial score (nSPS) is 17.8. The number of benzene rings is 1. The highest BCUT2D eigenvalue weighted by Crippen LogP contribution is 2.23. The van der Waals surface area contributed by atoms with Gasteiger partial charge in [-0.15, -0.1) is 0 Å². The van der Waals surface area contributed by atoms with Crippen LogP contribution in [-0.2, 0) is 14.8 Å². The average molecular weight is 373 g/mol. The number of nitrogens with zero attached hydrogens (tertiary/aromatic N) is 1. The first-order valence-electron chi connectivity index (χ1n) is 8.34. The number of carbonyl (C=O) groups excluding carboxylic acids is 1. The maximum atomic E-state index is 12.6. The number of nitrogens with one attached hydrogen (secondary N) is 1. The summed E-state index contributed by atoms with van der Waals surface area (Å²) < 4.78 is 25.6. The SMILES string of the molecule is C[C@@H](C(=O)NC1CCCCCC1)N(c1ccc(Cl)cc1)S(C)(=O)=O. The second-order valence-corrected chi connectivity index (χ2v) is 8.70. The van der Waals surface area contributed by atoms with Crippen LogP contribution in [0.5, 0.6) is 0 Å². The Bertz CT molecular complexity index is 653. The van der Waals surface area contributed by atoms with Gasteiger partial charge in [-0.3, -0.25) is 9.10 Å². The van der Waals surface area contributed by atoms with E-state index in [9.17, 15) is 13.2 Å². The number of carbonyl (C=O) groups is 1. The monoisotopic (exact) mass is 372 g/mol. The molecule has 1 aliphatic rings. The lowest BCUT2D eigenvalue weighted by Crippen LogP contribution is -2.50. The molecule has 7 heteroatoms. The molecule has 1 aromatic carbocycles. The molecule has 5 nitrogen and oxygen atoms in total. The summed E-state index contributed by atoms with van der Waals surface area (Å²) in [5, 5.41) is 3.54. The molecule has 1 aromatic rings. The molecule has 1 saturated carbocycles. The van der Waals surface area contributed by atoms with Gasteiger partial charge in [0.05, 0.1) is 11.9 Å². The van der Waals surface area contributed by atoms with E-state index in [4.69, 9.17) is 11.6 Å². The van der Waals surface area contributed by atoms with Crippen LogP contribution in [-0.4, -0.2) is 32.7 Å². The fraction of sp³-hybridized carbons (Fsp3) is 0.588. The Morgan fingerprint density at radius 2 is 1.71 bits per heavy atom. The number of amides is 1. The molecule has 0 aromatic heterocycles. The van der Waals surface area contributed by atoms with Gasteiger partial charge in [-0.05, 0) is 44.0 Å². The van der Waals surface area contributed by atoms with Crippen molar-refractivity contribution in [1.29, 1.82) is 0 Å². The van der Waals surface area contributed by atoms with E-state index in [0.717, 1.165) is 36.2 Å². The first-order chi connectivity index (χ1) is 11.3. The van der Waals surface area contributed by atoms with Gasteiger partial charge in [-0.25, -0.2) is 8.42 Å². The van der Waals surface area contributed by atoms with Crippen LogP contribution in [0, 0.1) is 0 Å². The molecule has 134 valence electrons. The van der Waals surface area contributed by atoms with Crippen molar-refractivity contribution in [1.82, 2.24) is 5.32 Å². The van der Waals surface area contributed by atoms with Gasteiger partial charge in [0.2, 0.25) is 15.9 Å². The first-order valence-corrected chi connectivity index (χ1v) is 10.6. The number of halogens is 1. The van der Waals surface area contributed by atoms with E-state index < -0.39 is 16.1 Å². The van der Waals surface area contributed by atoms with Crippen molar-refractivity contribution < 1.29 is 13.2 Å². The van der Waals surface area contributed by atoms with E-state index in [2.05, 4.69) is 5.32 Å². The molecule has 0 bridgehead atoms. The average Bonchev–Trinajstić information content (AvgIpc) is 2.76. The number of rotatable bonds is 5. The summed E-state index contributed by atoms with van der Waals surface area (Å²) in [4.78, 5) is 12.6. The van der Waals surface area contributed by atoms with Crippen molar-refractivity contribution in [2.45, 2.75) is 57.5 Å². The predicted octanol–water partition coefficient (Wildman–Crippen LogP) is 3.33.